The first-order valence-corrected chi connectivity index (χ1v) is 15.6. The van der Waals surface area contributed by atoms with E-state index < -0.39 is 39.5 Å². The number of carbonyl (C=O) groups is 1. The maximum Gasteiger partial charge on any atom is 0.452 e. The van der Waals surface area contributed by atoms with Crippen molar-refractivity contribution in [1.29, 1.82) is 0 Å². The van der Waals surface area contributed by atoms with Crippen molar-refractivity contribution in [3.05, 3.63) is 82.4 Å². The Kier molecular flexibility index (Phi) is 7.19. The monoisotopic (exact) mass is 628 g/mol. The van der Waals surface area contributed by atoms with Gasteiger partial charge in [-0.2, -0.15) is 17.5 Å². The molecule has 14 heteroatoms. The van der Waals surface area contributed by atoms with Crippen molar-refractivity contribution in [1.82, 2.24) is 23.9 Å². The second-order valence-corrected chi connectivity index (χ2v) is 13.7. The number of anilines is 1. The van der Waals surface area contributed by atoms with Gasteiger partial charge in [-0.3, -0.25) is 9.20 Å². The minimum atomic E-state index is -4.71. The molecule has 3 aromatic heterocycles. The molecule has 0 aliphatic carbocycles. The number of pyridine rings is 2. The Bertz CT molecular complexity index is 1890. The van der Waals surface area contributed by atoms with Crippen molar-refractivity contribution in [2.24, 2.45) is 0 Å². The van der Waals surface area contributed by atoms with Crippen LogP contribution in [0, 0.1) is 13.8 Å². The molecule has 2 atom stereocenters. The molecule has 0 unspecified atom stereocenters. The molecule has 2 aliphatic rings. The van der Waals surface area contributed by atoms with Crippen LogP contribution in [0.4, 0.5) is 19.0 Å². The summed E-state index contributed by atoms with van der Waals surface area (Å²) in [7, 11) is -3.93. The number of sulfonamides is 1. The molecule has 5 heterocycles. The third-order valence-electron chi connectivity index (χ3n) is 8.89. The van der Waals surface area contributed by atoms with Gasteiger partial charge in [-0.1, -0.05) is 18.2 Å². The molecule has 0 saturated carbocycles. The molecule has 0 radical (unpaired) electrons. The summed E-state index contributed by atoms with van der Waals surface area (Å²) >= 11 is 0. The first kappa shape index (κ1) is 30.0. The van der Waals surface area contributed by atoms with Gasteiger partial charge in [0.1, 0.15) is 10.7 Å². The molecule has 1 saturated heterocycles. The third kappa shape index (κ3) is 4.99. The number of hydrogen-bond donors (Lipinski definition) is 1. The number of alkyl halides is 3. The van der Waals surface area contributed by atoms with E-state index in [2.05, 4.69) is 20.1 Å². The molecule has 232 valence electrons. The highest BCUT2D eigenvalue weighted by Crippen LogP contribution is 2.42. The zero-order valence-corrected chi connectivity index (χ0v) is 25.2. The Morgan fingerprint density at radius 2 is 1.93 bits per heavy atom. The molecule has 6 rings (SSSR count). The summed E-state index contributed by atoms with van der Waals surface area (Å²) in [6, 6.07) is 10.0. The lowest BCUT2D eigenvalue weighted by Crippen LogP contribution is -2.49. The van der Waals surface area contributed by atoms with Gasteiger partial charge in [-0.15, -0.1) is 10.2 Å². The zero-order valence-electron chi connectivity index (χ0n) is 24.3. The number of fused-ring (bicyclic) bond motifs is 4. The lowest BCUT2D eigenvalue weighted by molar-refractivity contribution is -0.145. The lowest BCUT2D eigenvalue weighted by atomic mass is 9.85. The van der Waals surface area contributed by atoms with E-state index in [0.29, 0.717) is 34.6 Å². The first-order chi connectivity index (χ1) is 20.7. The second-order valence-electron chi connectivity index (χ2n) is 11.8. The van der Waals surface area contributed by atoms with Gasteiger partial charge >= 0.3 is 12.1 Å². The quantitative estimate of drug-likeness (QED) is 0.319. The van der Waals surface area contributed by atoms with Crippen molar-refractivity contribution in [2.75, 3.05) is 18.0 Å². The van der Waals surface area contributed by atoms with E-state index in [0.717, 1.165) is 22.8 Å². The average molecular weight is 629 g/mol. The summed E-state index contributed by atoms with van der Waals surface area (Å²) in [6.45, 7) is 6.50. The predicted molar refractivity (Wildman–Crippen MR) is 155 cm³/mol. The number of aryl methyl sites for hydroxylation is 2. The Morgan fingerprint density at radius 3 is 2.66 bits per heavy atom. The summed E-state index contributed by atoms with van der Waals surface area (Å²) in [5.41, 5.74) is 2.51. The van der Waals surface area contributed by atoms with Crippen molar-refractivity contribution in [3.63, 3.8) is 0 Å². The molecule has 4 aromatic rings. The van der Waals surface area contributed by atoms with E-state index in [1.807, 2.05) is 19.9 Å². The third-order valence-corrected chi connectivity index (χ3v) is 10.7. The smallest absolute Gasteiger partial charge is 0.452 e. The number of halogens is 3. The van der Waals surface area contributed by atoms with E-state index in [1.165, 1.54) is 16.6 Å². The van der Waals surface area contributed by atoms with Crippen LogP contribution in [0.5, 0.6) is 0 Å². The van der Waals surface area contributed by atoms with Gasteiger partial charge < -0.3 is 10.0 Å². The summed E-state index contributed by atoms with van der Waals surface area (Å²) in [5, 5.41) is 16.9. The number of hydrogen-bond acceptors (Lipinski definition) is 7. The molecule has 0 bridgehead atoms. The first-order valence-electron chi connectivity index (χ1n) is 14.2. The Hall–Kier alpha value is -4.04. The van der Waals surface area contributed by atoms with Gasteiger partial charge in [0.05, 0.1) is 12.0 Å². The number of carboxylic acids is 1. The molecular formula is C30H31F3N6O4S. The van der Waals surface area contributed by atoms with Crippen molar-refractivity contribution in [3.8, 4) is 0 Å². The summed E-state index contributed by atoms with van der Waals surface area (Å²) in [6.07, 6.45) is -0.541. The fourth-order valence-electron chi connectivity index (χ4n) is 6.60. The maximum atomic E-state index is 14.0. The van der Waals surface area contributed by atoms with E-state index >= 15 is 0 Å². The fourth-order valence-corrected chi connectivity index (χ4v) is 8.28. The fraction of sp³-hybridized carbons (Fsp3) is 0.400. The molecular weight excluding hydrogens is 597 g/mol. The van der Waals surface area contributed by atoms with Crippen molar-refractivity contribution in [2.45, 2.75) is 69.1 Å². The van der Waals surface area contributed by atoms with Crippen LogP contribution in [0.1, 0.15) is 65.7 Å². The summed E-state index contributed by atoms with van der Waals surface area (Å²) in [5.74, 6) is -2.55. The summed E-state index contributed by atoms with van der Waals surface area (Å²) < 4.78 is 70.8. The number of aromatic nitrogens is 4. The minimum Gasteiger partial charge on any atom is -0.481 e. The van der Waals surface area contributed by atoms with Gasteiger partial charge in [-0.25, -0.2) is 13.4 Å². The molecule has 1 fully saturated rings. The van der Waals surface area contributed by atoms with E-state index in [-0.39, 0.29) is 30.1 Å². The van der Waals surface area contributed by atoms with Crippen LogP contribution in [0.2, 0.25) is 0 Å². The second kappa shape index (κ2) is 10.5. The number of carboxylic acid groups (broad SMARTS) is 1. The highest BCUT2D eigenvalue weighted by Gasteiger charge is 2.47. The van der Waals surface area contributed by atoms with Crippen LogP contribution in [0.3, 0.4) is 0 Å². The van der Waals surface area contributed by atoms with Crippen molar-refractivity contribution >= 4 is 27.5 Å². The molecule has 1 aromatic carbocycles. The molecule has 1 N–H and O–H groups in total. The van der Waals surface area contributed by atoms with Gasteiger partial charge in [0.25, 0.3) is 0 Å². The molecule has 2 aliphatic heterocycles. The number of nitrogens with zero attached hydrogens (tertiary/aromatic N) is 6. The van der Waals surface area contributed by atoms with Crippen LogP contribution in [-0.4, -0.2) is 62.0 Å². The van der Waals surface area contributed by atoms with Crippen LogP contribution in [0.25, 0.3) is 5.65 Å². The van der Waals surface area contributed by atoms with E-state index in [4.69, 9.17) is 0 Å². The Morgan fingerprint density at radius 1 is 1.16 bits per heavy atom. The van der Waals surface area contributed by atoms with Gasteiger partial charge in [0, 0.05) is 37.9 Å². The molecule has 44 heavy (non-hydrogen) atoms. The number of benzene rings is 1. The zero-order chi connectivity index (χ0) is 31.6. The van der Waals surface area contributed by atoms with Gasteiger partial charge in [0.2, 0.25) is 15.8 Å². The Balaban J connectivity index is 1.41. The standard InChI is InChI=1S/C30H31F3N6O4S/c1-18-7-8-20(23(15-25(40)41)22-9-13-38-26(19(22)2)35-36-28(38)30(31,32)33)14-21(18)16-37-17-29(3)10-5-12-39(29)27-24(44(37,42)43)6-4-11-34-27/h4,6-9,11,13-14,23H,5,10,12,15-17H2,1-3H3,(H,40,41)/t23-,29+/m1/s1. The topological polar surface area (TPSA) is 121 Å². The lowest BCUT2D eigenvalue weighted by Gasteiger charge is -2.36. The highest BCUT2D eigenvalue weighted by atomic mass is 32.2. The van der Waals surface area contributed by atoms with Gasteiger partial charge in [-0.05, 0) is 79.6 Å². The molecule has 0 spiro atoms. The predicted octanol–water partition coefficient (Wildman–Crippen LogP) is 4.93. The molecule has 0 amide bonds. The SMILES string of the molecule is Cc1ccc([C@@H](CC(=O)O)c2ccn3c(C(F)(F)F)nnc3c2C)cc1CN1C[C@]2(C)CCCN2c2ncccc2S1(=O)=O. The van der Waals surface area contributed by atoms with E-state index in [9.17, 15) is 31.5 Å². The van der Waals surface area contributed by atoms with Crippen LogP contribution in [-0.2, 0) is 27.5 Å². The average Bonchev–Trinajstić information content (AvgIpc) is 3.56. The summed E-state index contributed by atoms with van der Waals surface area (Å²) in [4.78, 5) is 18.7. The Labute approximate surface area is 252 Å². The normalized spacial score (nSPS) is 20.7. The van der Waals surface area contributed by atoms with E-state index in [1.54, 1.807) is 37.4 Å². The van der Waals surface area contributed by atoms with Crippen molar-refractivity contribution < 1.29 is 31.5 Å². The van der Waals surface area contributed by atoms with Crippen LogP contribution in [0.15, 0.2) is 53.7 Å². The maximum absolute atomic E-state index is 14.0. The number of rotatable bonds is 6. The highest BCUT2D eigenvalue weighted by molar-refractivity contribution is 7.89. The van der Waals surface area contributed by atoms with Gasteiger partial charge in [0.15, 0.2) is 5.65 Å². The molecule has 10 nitrogen and oxygen atoms in total. The largest absolute Gasteiger partial charge is 0.481 e. The minimum absolute atomic E-state index is 0.0187. The van der Waals surface area contributed by atoms with Crippen LogP contribution < -0.4 is 4.90 Å². The van der Waals surface area contributed by atoms with Crippen LogP contribution >= 0.6 is 0 Å². The number of aliphatic carboxylic acids is 1.